The Hall–Kier alpha value is -8.70. The summed E-state index contributed by atoms with van der Waals surface area (Å²) in [5.41, 5.74) is 8.53. The smallest absolute Gasteiger partial charge is 0.311 e. The van der Waals surface area contributed by atoms with Gasteiger partial charge in [-0.3, -0.25) is 29.2 Å². The Bertz CT molecular complexity index is 3600. The summed E-state index contributed by atoms with van der Waals surface area (Å²) in [5.74, 6) is 3.45. The first-order valence-corrected chi connectivity index (χ1v) is 20.3. The van der Waals surface area contributed by atoms with Gasteiger partial charge in [-0.25, -0.2) is 9.97 Å². The quantitative estimate of drug-likeness (QED) is 0.104. The highest BCUT2D eigenvalue weighted by atomic mass is 16.6. The zero-order valence-corrected chi connectivity index (χ0v) is 34.0. The van der Waals surface area contributed by atoms with Crippen molar-refractivity contribution in [3.05, 3.63) is 198 Å². The van der Waals surface area contributed by atoms with Crippen molar-refractivity contribution in [1.29, 1.82) is 0 Å². The number of fused-ring (bicyclic) bond motifs is 6. The predicted molar refractivity (Wildman–Crippen MR) is 246 cm³/mol. The summed E-state index contributed by atoms with van der Waals surface area (Å²) < 4.78 is 17.1. The Morgan fingerprint density at radius 2 is 1.00 bits per heavy atom. The van der Waals surface area contributed by atoms with Crippen molar-refractivity contribution in [3.63, 3.8) is 0 Å². The third-order valence-corrected chi connectivity index (χ3v) is 11.2. The predicted octanol–water partition coefficient (Wildman–Crippen LogP) is 12.9. The molecule has 6 aromatic carbocycles. The molecule has 0 bridgehead atoms. The summed E-state index contributed by atoms with van der Waals surface area (Å²) in [5, 5.41) is 16.6. The van der Waals surface area contributed by atoms with Crippen molar-refractivity contribution in [2.24, 2.45) is 0 Å². The Labute approximate surface area is 360 Å². The van der Waals surface area contributed by atoms with Crippen LogP contribution in [0.4, 0.5) is 5.69 Å². The molecule has 11 rings (SSSR count). The summed E-state index contributed by atoms with van der Waals surface area (Å²) in [6.07, 6.45) is 6.95. The average Bonchev–Trinajstić information content (AvgIpc) is 3.81. The van der Waals surface area contributed by atoms with Gasteiger partial charge in [0, 0.05) is 63.3 Å². The molecule has 0 aliphatic heterocycles. The van der Waals surface area contributed by atoms with Gasteiger partial charge < -0.3 is 9.47 Å². The molecule has 0 spiro atoms. The summed E-state index contributed by atoms with van der Waals surface area (Å²) in [7, 11) is 0. The molecule has 0 N–H and O–H groups in total. The minimum atomic E-state index is -0.450. The van der Waals surface area contributed by atoms with E-state index < -0.39 is 4.92 Å². The number of nitrogens with zero attached hydrogens (tertiary/aromatic N) is 7. The normalized spacial score (nSPS) is 11.5. The zero-order valence-electron chi connectivity index (χ0n) is 34.0. The fourth-order valence-electron chi connectivity index (χ4n) is 8.32. The second-order valence-corrected chi connectivity index (χ2v) is 15.4. The molecule has 0 fully saturated rings. The van der Waals surface area contributed by atoms with Gasteiger partial charge in [-0.2, -0.15) is 0 Å². The maximum atomic E-state index is 12.3. The number of hydrogen-bond donors (Lipinski definition) is 0. The number of nitro benzene ring substituents is 1. The van der Waals surface area contributed by atoms with Gasteiger partial charge in [0.05, 0.1) is 50.8 Å². The average molecular weight is 822 g/mol. The fourth-order valence-corrected chi connectivity index (χ4v) is 8.32. The number of nitro groups is 1. The molecule has 0 amide bonds. The molecule has 0 saturated carbocycles. The molecule has 0 saturated heterocycles. The van der Waals surface area contributed by atoms with Crippen molar-refractivity contribution in [2.45, 2.75) is 13.8 Å². The Morgan fingerprint density at radius 3 is 1.56 bits per heavy atom. The van der Waals surface area contributed by atoms with E-state index in [9.17, 15) is 10.1 Å². The number of pyridine rings is 2. The molecular formula is C52H35N7O4. The van der Waals surface area contributed by atoms with Crippen LogP contribution in [-0.2, 0) is 0 Å². The lowest BCUT2D eigenvalue weighted by Gasteiger charge is -2.11. The zero-order chi connectivity index (χ0) is 42.6. The summed E-state index contributed by atoms with van der Waals surface area (Å²) in [6.45, 7) is 4.09. The number of para-hydroxylation sites is 2. The van der Waals surface area contributed by atoms with Crippen molar-refractivity contribution < 1.29 is 14.4 Å². The minimum Gasteiger partial charge on any atom is -0.457 e. The lowest BCUT2D eigenvalue weighted by Crippen LogP contribution is -1.98. The topological polar surface area (TPSA) is 123 Å². The number of rotatable bonds is 9. The van der Waals surface area contributed by atoms with Crippen LogP contribution in [-0.4, -0.2) is 34.0 Å². The van der Waals surface area contributed by atoms with Crippen LogP contribution in [0.2, 0.25) is 0 Å². The molecule has 11 heteroatoms. The largest absolute Gasteiger partial charge is 0.457 e. The van der Waals surface area contributed by atoms with E-state index in [2.05, 4.69) is 57.4 Å². The monoisotopic (exact) mass is 821 g/mol. The van der Waals surface area contributed by atoms with E-state index in [0.29, 0.717) is 34.2 Å². The SMILES string of the molecule is Cc1ccnc(-n2c3ccccc3c3ccc(Oc4cccc(-c5cnc(-c6ccc([N+](=O)[O-])c(Oc7ccc8c9ccccc9n(-c9cc(C)ccn9)c8c7)c6)cn5)c4)cc32)c1. The Kier molecular flexibility index (Phi) is 8.94. The minimum absolute atomic E-state index is 0.0811. The molecular weight excluding hydrogens is 787 g/mol. The molecule has 11 aromatic rings. The van der Waals surface area contributed by atoms with E-state index in [4.69, 9.17) is 24.4 Å². The molecule has 63 heavy (non-hydrogen) atoms. The summed E-state index contributed by atoms with van der Waals surface area (Å²) in [4.78, 5) is 30.7. The van der Waals surface area contributed by atoms with Gasteiger partial charge in [0.1, 0.15) is 28.9 Å². The van der Waals surface area contributed by atoms with Crippen LogP contribution in [0, 0.1) is 24.0 Å². The number of hydrogen-bond acceptors (Lipinski definition) is 8. The van der Waals surface area contributed by atoms with E-state index in [-0.39, 0.29) is 11.4 Å². The van der Waals surface area contributed by atoms with Gasteiger partial charge >= 0.3 is 5.69 Å². The lowest BCUT2D eigenvalue weighted by atomic mass is 10.1. The standard InChI is InChI=1S/C52H35N7O4/c1-32-20-22-53-51(24-32)57-45-12-5-3-10-39(45)41-17-15-37(28-48(41)57)62-36-9-7-8-34(26-36)43-30-56-44(31-55-43)35-14-19-47(59(60)61)50(27-35)63-38-16-18-42-40-11-4-6-13-46(40)58(49(42)29-38)52-25-33(2)21-23-54-52/h3-31H,1-2H3. The Morgan fingerprint density at radius 1 is 0.476 bits per heavy atom. The van der Waals surface area contributed by atoms with E-state index in [1.807, 2.05) is 110 Å². The molecule has 0 aliphatic rings. The molecule has 5 heterocycles. The van der Waals surface area contributed by atoms with Crippen LogP contribution in [0.3, 0.4) is 0 Å². The van der Waals surface area contributed by atoms with Gasteiger partial charge in [0.2, 0.25) is 5.75 Å². The van der Waals surface area contributed by atoms with E-state index in [0.717, 1.165) is 71.9 Å². The molecule has 0 aliphatic carbocycles. The van der Waals surface area contributed by atoms with E-state index >= 15 is 0 Å². The molecule has 11 nitrogen and oxygen atoms in total. The van der Waals surface area contributed by atoms with Gasteiger partial charge in [-0.05, 0) is 110 Å². The first-order valence-electron chi connectivity index (χ1n) is 20.3. The highest BCUT2D eigenvalue weighted by Gasteiger charge is 2.20. The molecule has 5 aromatic heterocycles. The number of ether oxygens (including phenoxy) is 2. The number of aromatic nitrogens is 6. The lowest BCUT2D eigenvalue weighted by molar-refractivity contribution is -0.385. The number of benzene rings is 6. The van der Waals surface area contributed by atoms with Crippen LogP contribution in [0.15, 0.2) is 176 Å². The molecule has 302 valence electrons. The van der Waals surface area contributed by atoms with Crippen LogP contribution in [0.25, 0.3) is 77.8 Å². The van der Waals surface area contributed by atoms with Gasteiger partial charge in [-0.1, -0.05) is 48.5 Å². The molecule has 0 atom stereocenters. The molecule has 0 radical (unpaired) electrons. The maximum absolute atomic E-state index is 12.3. The van der Waals surface area contributed by atoms with Gasteiger partial charge in [0.25, 0.3) is 0 Å². The summed E-state index contributed by atoms with van der Waals surface area (Å²) in [6, 6.07) is 48.7. The second kappa shape index (κ2) is 15.1. The van der Waals surface area contributed by atoms with Crippen molar-refractivity contribution in [2.75, 3.05) is 0 Å². The van der Waals surface area contributed by atoms with Gasteiger partial charge in [-0.15, -0.1) is 0 Å². The van der Waals surface area contributed by atoms with Crippen molar-refractivity contribution in [1.82, 2.24) is 29.1 Å². The third kappa shape index (κ3) is 6.74. The van der Waals surface area contributed by atoms with Crippen LogP contribution in [0.1, 0.15) is 11.1 Å². The van der Waals surface area contributed by atoms with E-state index in [1.54, 1.807) is 30.7 Å². The van der Waals surface area contributed by atoms with E-state index in [1.165, 1.54) is 6.07 Å². The second-order valence-electron chi connectivity index (χ2n) is 15.4. The maximum Gasteiger partial charge on any atom is 0.311 e. The Balaban J connectivity index is 0.881. The van der Waals surface area contributed by atoms with Crippen molar-refractivity contribution in [3.8, 4) is 57.1 Å². The molecule has 0 unspecified atom stereocenters. The third-order valence-electron chi connectivity index (χ3n) is 11.2. The summed E-state index contributed by atoms with van der Waals surface area (Å²) >= 11 is 0. The highest BCUT2D eigenvalue weighted by Crippen LogP contribution is 2.40. The first kappa shape index (κ1) is 37.3. The fraction of sp³-hybridized carbons (Fsp3) is 0.0385. The van der Waals surface area contributed by atoms with Crippen LogP contribution >= 0.6 is 0 Å². The van der Waals surface area contributed by atoms with Crippen LogP contribution in [0.5, 0.6) is 23.0 Å². The van der Waals surface area contributed by atoms with Gasteiger partial charge in [0.15, 0.2) is 0 Å². The van der Waals surface area contributed by atoms with Crippen molar-refractivity contribution >= 4 is 49.3 Å². The highest BCUT2D eigenvalue weighted by molar-refractivity contribution is 6.10. The van der Waals surface area contributed by atoms with Crippen LogP contribution < -0.4 is 9.47 Å². The number of aryl methyl sites for hydroxylation is 2. The first-order chi connectivity index (χ1) is 30.8.